The number of carbonyl (C=O) groups is 1. The lowest BCUT2D eigenvalue weighted by Gasteiger charge is -2.26. The molecule has 1 atom stereocenters. The number of hydrogen-bond donors (Lipinski definition) is 3. The lowest BCUT2D eigenvalue weighted by Crippen LogP contribution is -2.37. The van der Waals surface area contributed by atoms with Gasteiger partial charge in [0, 0.05) is 12.1 Å². The van der Waals surface area contributed by atoms with Crippen molar-refractivity contribution in [3.05, 3.63) is 64.7 Å². The van der Waals surface area contributed by atoms with Crippen molar-refractivity contribution in [1.82, 2.24) is 4.90 Å². The second kappa shape index (κ2) is 9.88. The molecule has 1 aliphatic rings. The molecule has 3 rings (SSSR count). The number of carbonyl (C=O) groups excluding carboxylic acids is 1. The average Bonchev–Trinajstić information content (AvgIpc) is 2.77. The number of likely N-dealkylation sites (tertiary alicyclic amines) is 1. The summed E-state index contributed by atoms with van der Waals surface area (Å²) in [6.07, 6.45) is 3.71. The molecule has 0 aromatic heterocycles. The van der Waals surface area contributed by atoms with Crippen LogP contribution in [0.15, 0.2) is 53.0 Å². The number of hydrogen-bond acceptors (Lipinski definition) is 6. The Kier molecular flexibility index (Phi) is 7.00. The average molecular weight is 433 g/mol. The van der Waals surface area contributed by atoms with Crippen molar-refractivity contribution in [1.29, 1.82) is 5.26 Å². The van der Waals surface area contributed by atoms with E-state index in [4.69, 9.17) is 27.2 Å². The summed E-state index contributed by atoms with van der Waals surface area (Å²) in [6.45, 7) is 5.14. The molecule has 2 aromatic rings. The molecule has 1 unspecified atom stereocenters. The van der Waals surface area contributed by atoms with Crippen molar-refractivity contribution in [2.75, 3.05) is 13.1 Å². The number of primary amides is 1. The highest BCUT2D eigenvalue weighted by Gasteiger charge is 2.22. The Morgan fingerprint density at radius 1 is 1.19 bits per heavy atom. The number of piperidine rings is 1. The van der Waals surface area contributed by atoms with E-state index in [9.17, 15) is 4.79 Å². The minimum atomic E-state index is -0.766. The molecule has 0 radical (unpaired) electrons. The highest BCUT2D eigenvalue weighted by molar-refractivity contribution is 6.24. The first-order valence-corrected chi connectivity index (χ1v) is 10.4. The maximum absolute atomic E-state index is 12.2. The number of rotatable bonds is 6. The number of ether oxygens (including phenoxy) is 1. The van der Waals surface area contributed by atoms with Gasteiger partial charge in [0.15, 0.2) is 6.19 Å². The molecular weight excluding hydrogens is 404 g/mol. The van der Waals surface area contributed by atoms with Gasteiger partial charge in [-0.25, -0.2) is 0 Å². The summed E-state index contributed by atoms with van der Waals surface area (Å²) < 4.78 is 6.04. The summed E-state index contributed by atoms with van der Waals surface area (Å²) in [5, 5.41) is 9.12. The molecule has 166 valence electrons. The molecule has 1 heterocycles. The van der Waals surface area contributed by atoms with Gasteiger partial charge < -0.3 is 26.8 Å². The maximum atomic E-state index is 12.2. The van der Waals surface area contributed by atoms with E-state index in [1.165, 1.54) is 0 Å². The number of amides is 1. The van der Waals surface area contributed by atoms with Gasteiger partial charge in [-0.2, -0.15) is 5.26 Å². The van der Waals surface area contributed by atoms with Crippen LogP contribution in [0.1, 0.15) is 29.5 Å². The fourth-order valence-corrected chi connectivity index (χ4v) is 3.64. The smallest absolute Gasteiger partial charge is 0.254 e. The first kappa shape index (κ1) is 22.7. The molecule has 0 aliphatic carbocycles. The number of nitrogens with zero attached hydrogens (tertiary/aromatic N) is 3. The molecule has 6 N–H and O–H groups in total. The van der Waals surface area contributed by atoms with Crippen LogP contribution in [0.5, 0.6) is 11.5 Å². The van der Waals surface area contributed by atoms with Crippen LogP contribution < -0.4 is 21.9 Å². The van der Waals surface area contributed by atoms with Crippen molar-refractivity contribution in [3.8, 4) is 17.7 Å². The summed E-state index contributed by atoms with van der Waals surface area (Å²) in [5.41, 5.74) is 20.9. The van der Waals surface area contributed by atoms with Crippen LogP contribution in [0.25, 0.3) is 5.70 Å². The number of aliphatic imine (C=N–C) groups is 1. The van der Waals surface area contributed by atoms with Crippen LogP contribution in [-0.4, -0.2) is 35.8 Å². The second-order valence-electron chi connectivity index (χ2n) is 7.84. The molecule has 32 heavy (non-hydrogen) atoms. The number of nitriles is 1. The zero-order valence-electron chi connectivity index (χ0n) is 18.3. The number of nitrogens with two attached hydrogens (primary N) is 3. The molecule has 1 saturated heterocycles. The predicted molar refractivity (Wildman–Crippen MR) is 125 cm³/mol. The van der Waals surface area contributed by atoms with Crippen LogP contribution in [-0.2, 0) is 4.79 Å². The zero-order chi connectivity index (χ0) is 23.3. The van der Waals surface area contributed by atoms with Gasteiger partial charge in [0.05, 0.1) is 18.3 Å². The third kappa shape index (κ3) is 5.19. The number of aryl methyl sites for hydroxylation is 1. The Hall–Kier alpha value is -3.99. The van der Waals surface area contributed by atoms with E-state index >= 15 is 0 Å². The second-order valence-corrected chi connectivity index (χ2v) is 7.84. The fourth-order valence-electron chi connectivity index (χ4n) is 3.64. The fraction of sp³-hybridized carbons (Fsp3) is 0.292. The predicted octanol–water partition coefficient (Wildman–Crippen LogP) is 2.55. The lowest BCUT2D eigenvalue weighted by molar-refractivity contribution is -0.114. The molecule has 8 nitrogen and oxygen atoms in total. The van der Waals surface area contributed by atoms with Crippen molar-refractivity contribution >= 4 is 17.4 Å². The van der Waals surface area contributed by atoms with Crippen LogP contribution in [0.3, 0.4) is 0 Å². The summed E-state index contributed by atoms with van der Waals surface area (Å²) >= 11 is 0. The molecule has 0 spiro atoms. The van der Waals surface area contributed by atoms with Gasteiger partial charge in [0.2, 0.25) is 0 Å². The Bertz CT molecular complexity index is 1120. The first-order chi connectivity index (χ1) is 15.3. The summed E-state index contributed by atoms with van der Waals surface area (Å²) in [6, 6.07) is 12.7. The third-order valence-electron chi connectivity index (χ3n) is 5.56. The molecule has 1 aliphatic heterocycles. The van der Waals surface area contributed by atoms with E-state index in [0.717, 1.165) is 29.7 Å². The number of benzene rings is 2. The summed E-state index contributed by atoms with van der Waals surface area (Å²) in [5.74, 6) is 0.508. The summed E-state index contributed by atoms with van der Waals surface area (Å²) in [7, 11) is 0. The van der Waals surface area contributed by atoms with E-state index in [2.05, 4.69) is 11.2 Å². The van der Waals surface area contributed by atoms with Crippen molar-refractivity contribution in [3.63, 3.8) is 0 Å². The standard InChI is InChI=1S/C24H28N6O2/c1-15-6-3-10-20(16(15)2)32-19-9-4-7-17(12-19)22(26)21(24(28)31)23(27)29-18-8-5-11-30(13-18)14-25/h3-4,6-7,9-10,12,18H,5,8,11,13,26H2,1-2H3,(H2,27,29)(H2,28,31). The minimum absolute atomic E-state index is 0.0272. The van der Waals surface area contributed by atoms with E-state index in [0.29, 0.717) is 24.4 Å². The molecule has 2 aromatic carbocycles. The highest BCUT2D eigenvalue weighted by Crippen LogP contribution is 2.28. The molecule has 0 saturated carbocycles. The van der Waals surface area contributed by atoms with Gasteiger partial charge in [-0.15, -0.1) is 0 Å². The number of amidine groups is 1. The van der Waals surface area contributed by atoms with Crippen LogP contribution >= 0.6 is 0 Å². The van der Waals surface area contributed by atoms with E-state index in [1.54, 1.807) is 29.2 Å². The van der Waals surface area contributed by atoms with Gasteiger partial charge in [-0.3, -0.25) is 9.79 Å². The molecule has 1 fully saturated rings. The van der Waals surface area contributed by atoms with Crippen LogP contribution in [0.4, 0.5) is 0 Å². The Morgan fingerprint density at radius 3 is 2.66 bits per heavy atom. The quantitative estimate of drug-likeness (QED) is 0.277. The normalized spacial score (nSPS) is 17.3. The Balaban J connectivity index is 1.92. The highest BCUT2D eigenvalue weighted by atomic mass is 16.5. The van der Waals surface area contributed by atoms with Crippen LogP contribution in [0.2, 0.25) is 0 Å². The van der Waals surface area contributed by atoms with Gasteiger partial charge in [-0.1, -0.05) is 24.3 Å². The molecule has 1 amide bonds. The monoisotopic (exact) mass is 432 g/mol. The zero-order valence-corrected chi connectivity index (χ0v) is 18.3. The SMILES string of the molecule is Cc1cccc(Oc2cccc(C(N)=C(C(N)=O)C(N)=NC3CCCN(C#N)C3)c2)c1C. The molecule has 8 heteroatoms. The van der Waals surface area contributed by atoms with Crippen LogP contribution in [0, 0.1) is 25.3 Å². The van der Waals surface area contributed by atoms with E-state index in [1.807, 2.05) is 32.0 Å². The maximum Gasteiger partial charge on any atom is 0.254 e. The topological polar surface area (TPSA) is 144 Å². The lowest BCUT2D eigenvalue weighted by atomic mass is 10.0. The van der Waals surface area contributed by atoms with Gasteiger partial charge in [0.1, 0.15) is 22.9 Å². The van der Waals surface area contributed by atoms with Crippen molar-refractivity contribution in [2.45, 2.75) is 32.7 Å². The summed E-state index contributed by atoms with van der Waals surface area (Å²) in [4.78, 5) is 18.3. The molecular formula is C24H28N6O2. The van der Waals surface area contributed by atoms with E-state index in [-0.39, 0.29) is 23.1 Å². The van der Waals surface area contributed by atoms with Gasteiger partial charge in [0.25, 0.3) is 5.91 Å². The van der Waals surface area contributed by atoms with Crippen molar-refractivity contribution in [2.24, 2.45) is 22.2 Å². The van der Waals surface area contributed by atoms with Gasteiger partial charge >= 0.3 is 0 Å². The Labute approximate surface area is 188 Å². The van der Waals surface area contributed by atoms with E-state index < -0.39 is 5.91 Å². The first-order valence-electron chi connectivity index (χ1n) is 10.4. The largest absolute Gasteiger partial charge is 0.457 e. The molecule has 0 bridgehead atoms. The Morgan fingerprint density at radius 2 is 1.94 bits per heavy atom. The van der Waals surface area contributed by atoms with Gasteiger partial charge in [-0.05, 0) is 56.0 Å². The van der Waals surface area contributed by atoms with Crippen molar-refractivity contribution < 1.29 is 9.53 Å². The minimum Gasteiger partial charge on any atom is -0.457 e. The third-order valence-corrected chi connectivity index (χ3v) is 5.56.